The van der Waals surface area contributed by atoms with Crippen molar-refractivity contribution in [1.29, 1.82) is 0 Å². The minimum atomic E-state index is -3.10. The Morgan fingerprint density at radius 3 is 1.71 bits per heavy atom. The molecule has 2 aromatic carbocycles. The molecule has 0 aliphatic heterocycles. The fraction of sp³-hybridized carbons (Fsp3) is 0.273. The second-order valence-corrected chi connectivity index (χ2v) is 9.40. The molecule has 2 rings (SSSR count). The highest BCUT2D eigenvalue weighted by Crippen LogP contribution is 2.50. The van der Waals surface area contributed by atoms with Gasteiger partial charge in [0, 0.05) is 24.7 Å². The van der Waals surface area contributed by atoms with E-state index in [4.69, 9.17) is 23.2 Å². The highest BCUT2D eigenvalue weighted by molar-refractivity contribution is 7.68. The standard InChI is InChI=1S/C22H27Cl2N2OP/c1-3-26(4-2)16-15-25-28(27,17-21(23)19-11-7-5-8-12-19)18-22(24)20-13-9-6-10-14-20/h5-14,17-18H,3-4,15-16H2,1-2H3,(H,25,27)/b21-17-,22-18-. The van der Waals surface area contributed by atoms with Crippen LogP contribution in [0.5, 0.6) is 0 Å². The number of nitrogens with one attached hydrogen (secondary N) is 1. The van der Waals surface area contributed by atoms with Crippen LogP contribution in [0.4, 0.5) is 0 Å². The van der Waals surface area contributed by atoms with Crippen molar-refractivity contribution in [3.8, 4) is 0 Å². The molecule has 0 aliphatic carbocycles. The summed E-state index contributed by atoms with van der Waals surface area (Å²) in [5.41, 5.74) is 1.64. The van der Waals surface area contributed by atoms with Gasteiger partial charge in [-0.25, -0.2) is 0 Å². The summed E-state index contributed by atoms with van der Waals surface area (Å²) in [6.45, 7) is 7.49. The maximum absolute atomic E-state index is 13.7. The normalized spacial score (nSPS) is 13.2. The summed E-state index contributed by atoms with van der Waals surface area (Å²) < 4.78 is 13.7. The third-order valence-corrected chi connectivity index (χ3v) is 7.35. The predicted octanol–water partition coefficient (Wildman–Crippen LogP) is 6.67. The summed E-state index contributed by atoms with van der Waals surface area (Å²) in [5.74, 6) is 3.19. The Hall–Kier alpha value is -1.35. The van der Waals surface area contributed by atoms with Crippen molar-refractivity contribution in [1.82, 2.24) is 9.99 Å². The Morgan fingerprint density at radius 1 is 0.893 bits per heavy atom. The molecule has 1 N–H and O–H groups in total. The van der Waals surface area contributed by atoms with Gasteiger partial charge in [-0.15, -0.1) is 0 Å². The summed E-state index contributed by atoms with van der Waals surface area (Å²) >= 11 is 13.0. The van der Waals surface area contributed by atoms with Gasteiger partial charge in [0.15, 0.2) is 7.29 Å². The predicted molar refractivity (Wildman–Crippen MR) is 124 cm³/mol. The Balaban J connectivity index is 2.30. The van der Waals surface area contributed by atoms with Gasteiger partial charge in [-0.1, -0.05) is 97.7 Å². The highest BCUT2D eigenvalue weighted by Gasteiger charge is 2.19. The van der Waals surface area contributed by atoms with Gasteiger partial charge in [0.25, 0.3) is 0 Å². The molecule has 0 fully saturated rings. The zero-order valence-electron chi connectivity index (χ0n) is 16.3. The summed E-state index contributed by atoms with van der Waals surface area (Å²) in [5, 5.41) is 4.06. The molecule has 0 saturated carbocycles. The number of rotatable bonds is 10. The van der Waals surface area contributed by atoms with E-state index in [0.717, 1.165) is 30.8 Å². The van der Waals surface area contributed by atoms with Crippen molar-refractivity contribution in [2.24, 2.45) is 0 Å². The van der Waals surface area contributed by atoms with E-state index in [2.05, 4.69) is 23.8 Å². The van der Waals surface area contributed by atoms with Gasteiger partial charge in [0.1, 0.15) is 0 Å². The largest absolute Gasteiger partial charge is 0.303 e. The van der Waals surface area contributed by atoms with E-state index >= 15 is 0 Å². The summed E-state index contributed by atoms with van der Waals surface area (Å²) in [6.07, 6.45) is 0. The Bertz CT molecular complexity index is 775. The number of halogens is 2. The van der Waals surface area contributed by atoms with E-state index in [9.17, 15) is 4.57 Å². The second kappa shape index (κ2) is 11.6. The number of hydrogen-bond acceptors (Lipinski definition) is 2. The lowest BCUT2D eigenvalue weighted by Gasteiger charge is -2.20. The smallest absolute Gasteiger partial charge is 0.193 e. The topological polar surface area (TPSA) is 32.3 Å². The molecule has 2 aromatic rings. The molecule has 6 heteroatoms. The van der Waals surface area contributed by atoms with E-state index in [-0.39, 0.29) is 0 Å². The maximum atomic E-state index is 13.7. The van der Waals surface area contributed by atoms with Crippen LogP contribution in [-0.4, -0.2) is 31.1 Å². The van der Waals surface area contributed by atoms with Crippen molar-refractivity contribution in [2.45, 2.75) is 13.8 Å². The van der Waals surface area contributed by atoms with Crippen molar-refractivity contribution in [3.63, 3.8) is 0 Å². The van der Waals surface area contributed by atoms with Gasteiger partial charge in [-0.2, -0.15) is 0 Å². The van der Waals surface area contributed by atoms with Gasteiger partial charge < -0.3 is 4.90 Å². The molecule has 3 nitrogen and oxygen atoms in total. The van der Waals surface area contributed by atoms with E-state index in [1.54, 1.807) is 11.6 Å². The molecule has 0 atom stereocenters. The number of likely N-dealkylation sites (N-methyl/N-ethyl adjacent to an activating group) is 1. The first-order chi connectivity index (χ1) is 13.5. The molecule has 0 amide bonds. The van der Waals surface area contributed by atoms with E-state index in [1.807, 2.05) is 60.7 Å². The Labute approximate surface area is 178 Å². The van der Waals surface area contributed by atoms with Crippen molar-refractivity contribution < 1.29 is 4.57 Å². The van der Waals surface area contributed by atoms with Gasteiger partial charge in [-0.05, 0) is 24.2 Å². The third-order valence-electron chi connectivity index (χ3n) is 4.39. The lowest BCUT2D eigenvalue weighted by Crippen LogP contribution is -2.30. The van der Waals surface area contributed by atoms with Crippen LogP contribution in [0.1, 0.15) is 25.0 Å². The van der Waals surface area contributed by atoms with Crippen molar-refractivity contribution in [2.75, 3.05) is 26.2 Å². The van der Waals surface area contributed by atoms with Crippen molar-refractivity contribution in [3.05, 3.63) is 83.4 Å². The van der Waals surface area contributed by atoms with Crippen LogP contribution in [0.2, 0.25) is 0 Å². The fourth-order valence-corrected chi connectivity index (χ4v) is 5.53. The number of nitrogens with zero attached hydrogens (tertiary/aromatic N) is 1. The Kier molecular flexibility index (Phi) is 9.50. The lowest BCUT2D eigenvalue weighted by molar-refractivity contribution is 0.309. The molecule has 0 bridgehead atoms. The van der Waals surface area contributed by atoms with Crippen LogP contribution in [0.3, 0.4) is 0 Å². The van der Waals surface area contributed by atoms with Gasteiger partial charge >= 0.3 is 0 Å². The maximum Gasteiger partial charge on any atom is 0.193 e. The SMILES string of the molecule is CCN(CC)CCNP(=O)(/C=C(\Cl)c1ccccc1)/C=C(\Cl)c1ccccc1. The van der Waals surface area contributed by atoms with Crippen LogP contribution in [0, 0.1) is 0 Å². The minimum absolute atomic E-state index is 0.438. The molecule has 0 saturated heterocycles. The van der Waals surface area contributed by atoms with Crippen LogP contribution in [0.25, 0.3) is 10.1 Å². The monoisotopic (exact) mass is 436 g/mol. The molecule has 0 unspecified atom stereocenters. The van der Waals surface area contributed by atoms with Crippen LogP contribution in [0.15, 0.2) is 72.3 Å². The Morgan fingerprint density at radius 2 is 1.32 bits per heavy atom. The average molecular weight is 437 g/mol. The number of hydrogen-bond donors (Lipinski definition) is 1. The van der Waals surface area contributed by atoms with Gasteiger partial charge in [0.05, 0.1) is 10.1 Å². The summed E-state index contributed by atoms with van der Waals surface area (Å²) in [7, 11) is -3.10. The van der Waals surface area contributed by atoms with E-state index < -0.39 is 7.29 Å². The molecule has 0 aromatic heterocycles. The van der Waals surface area contributed by atoms with E-state index in [1.165, 1.54) is 0 Å². The molecular weight excluding hydrogens is 410 g/mol. The lowest BCUT2D eigenvalue weighted by atomic mass is 10.2. The molecule has 0 radical (unpaired) electrons. The first kappa shape index (κ1) is 22.9. The van der Waals surface area contributed by atoms with Gasteiger partial charge in [0.2, 0.25) is 0 Å². The van der Waals surface area contributed by atoms with E-state index in [0.29, 0.717) is 16.6 Å². The first-order valence-electron chi connectivity index (χ1n) is 9.42. The number of benzene rings is 2. The molecule has 0 aliphatic rings. The highest BCUT2D eigenvalue weighted by atomic mass is 35.5. The van der Waals surface area contributed by atoms with Crippen molar-refractivity contribution >= 4 is 40.6 Å². The molecule has 0 heterocycles. The zero-order chi connectivity index (χ0) is 20.4. The fourth-order valence-electron chi connectivity index (χ4n) is 2.73. The molecule has 150 valence electrons. The summed E-state index contributed by atoms with van der Waals surface area (Å²) in [6, 6.07) is 19.0. The quantitative estimate of drug-likeness (QED) is 0.422. The third kappa shape index (κ3) is 7.24. The minimum Gasteiger partial charge on any atom is -0.303 e. The van der Waals surface area contributed by atoms with Crippen LogP contribution < -0.4 is 5.09 Å². The van der Waals surface area contributed by atoms with Crippen LogP contribution >= 0.6 is 30.5 Å². The zero-order valence-corrected chi connectivity index (χ0v) is 18.7. The van der Waals surface area contributed by atoms with Gasteiger partial charge in [-0.3, -0.25) is 9.65 Å². The first-order valence-corrected chi connectivity index (χ1v) is 12.0. The molecular formula is C22H27Cl2N2OP. The average Bonchev–Trinajstić information content (AvgIpc) is 2.72. The van der Waals surface area contributed by atoms with Crippen LogP contribution in [-0.2, 0) is 4.57 Å². The molecule has 28 heavy (non-hydrogen) atoms. The summed E-state index contributed by atoms with van der Waals surface area (Å²) in [4.78, 5) is 2.27. The second-order valence-electron chi connectivity index (χ2n) is 6.33. The molecule has 0 spiro atoms.